The van der Waals surface area contributed by atoms with Gasteiger partial charge in [0.1, 0.15) is 5.65 Å². The summed E-state index contributed by atoms with van der Waals surface area (Å²) in [5.41, 5.74) is 3.40. The number of rotatable bonds is 5. The van der Waals surface area contributed by atoms with Gasteiger partial charge in [-0.15, -0.1) is 11.3 Å². The minimum atomic E-state index is 0.329. The van der Waals surface area contributed by atoms with Crippen LogP contribution in [0.2, 0.25) is 0 Å². The molecule has 0 spiro atoms. The van der Waals surface area contributed by atoms with Crippen LogP contribution in [0, 0.1) is 6.92 Å². The molecule has 0 aromatic carbocycles. The van der Waals surface area contributed by atoms with Gasteiger partial charge in [0.2, 0.25) is 0 Å². The first kappa shape index (κ1) is 15.8. The summed E-state index contributed by atoms with van der Waals surface area (Å²) in [6.07, 6.45) is 4.77. The lowest BCUT2D eigenvalue weighted by Crippen LogP contribution is -2.18. The van der Waals surface area contributed by atoms with Crippen molar-refractivity contribution < 1.29 is 4.74 Å². The molecule has 126 valence electrons. The van der Waals surface area contributed by atoms with E-state index in [1.54, 1.807) is 0 Å². The Labute approximate surface area is 146 Å². The summed E-state index contributed by atoms with van der Waals surface area (Å²) in [7, 11) is 2.17. The SMILES string of the molecule is Cc1nc2ccccn2c1CN(C)Cc1ccc([C@H]2CCCO2)s1. The number of ether oxygens (including phenoxy) is 1. The summed E-state index contributed by atoms with van der Waals surface area (Å²) in [5.74, 6) is 0. The Bertz CT molecular complexity index is 832. The summed E-state index contributed by atoms with van der Waals surface area (Å²) in [5, 5.41) is 0. The summed E-state index contributed by atoms with van der Waals surface area (Å²) in [6, 6.07) is 10.6. The van der Waals surface area contributed by atoms with E-state index >= 15 is 0 Å². The lowest BCUT2D eigenvalue weighted by Gasteiger charge is -2.16. The zero-order valence-electron chi connectivity index (χ0n) is 14.2. The number of thiophene rings is 1. The van der Waals surface area contributed by atoms with Gasteiger partial charge in [0.15, 0.2) is 0 Å². The van der Waals surface area contributed by atoms with Crippen molar-refractivity contribution in [1.82, 2.24) is 14.3 Å². The molecule has 0 N–H and O–H groups in total. The smallest absolute Gasteiger partial charge is 0.137 e. The third-order valence-corrected chi connectivity index (χ3v) is 5.77. The van der Waals surface area contributed by atoms with Crippen LogP contribution in [0.25, 0.3) is 5.65 Å². The van der Waals surface area contributed by atoms with Crippen LogP contribution in [-0.4, -0.2) is 27.9 Å². The van der Waals surface area contributed by atoms with Crippen molar-refractivity contribution in [1.29, 1.82) is 0 Å². The zero-order chi connectivity index (χ0) is 16.5. The summed E-state index contributed by atoms with van der Waals surface area (Å²) in [4.78, 5) is 9.78. The molecule has 1 aliphatic rings. The normalized spacial score (nSPS) is 18.0. The van der Waals surface area contributed by atoms with E-state index in [4.69, 9.17) is 4.74 Å². The van der Waals surface area contributed by atoms with Crippen LogP contribution < -0.4 is 0 Å². The van der Waals surface area contributed by atoms with Crippen LogP contribution in [0.3, 0.4) is 0 Å². The first-order valence-electron chi connectivity index (χ1n) is 8.52. The third kappa shape index (κ3) is 3.11. The minimum Gasteiger partial charge on any atom is -0.373 e. The van der Waals surface area contributed by atoms with Crippen molar-refractivity contribution in [2.75, 3.05) is 13.7 Å². The average Bonchev–Trinajstić information content (AvgIpc) is 3.28. The molecular formula is C19H23N3OS. The van der Waals surface area contributed by atoms with Gasteiger partial charge in [-0.3, -0.25) is 4.90 Å². The van der Waals surface area contributed by atoms with Gasteiger partial charge in [-0.2, -0.15) is 0 Å². The Morgan fingerprint density at radius 2 is 2.21 bits per heavy atom. The van der Waals surface area contributed by atoms with Crippen LogP contribution in [0.15, 0.2) is 36.5 Å². The number of fused-ring (bicyclic) bond motifs is 1. The quantitative estimate of drug-likeness (QED) is 0.697. The van der Waals surface area contributed by atoms with Crippen LogP contribution in [-0.2, 0) is 17.8 Å². The molecule has 1 atom stereocenters. The average molecular weight is 341 g/mol. The van der Waals surface area contributed by atoms with Gasteiger partial charge in [0, 0.05) is 35.6 Å². The highest BCUT2D eigenvalue weighted by Gasteiger charge is 2.19. The lowest BCUT2D eigenvalue weighted by atomic mass is 10.2. The highest BCUT2D eigenvalue weighted by Crippen LogP contribution is 2.33. The van der Waals surface area contributed by atoms with Crippen molar-refractivity contribution in [3.8, 4) is 0 Å². The van der Waals surface area contributed by atoms with E-state index in [0.717, 1.165) is 37.5 Å². The second kappa shape index (κ2) is 6.67. The van der Waals surface area contributed by atoms with Crippen LogP contribution >= 0.6 is 11.3 Å². The number of hydrogen-bond acceptors (Lipinski definition) is 4. The molecule has 1 saturated heterocycles. The van der Waals surface area contributed by atoms with Crippen molar-refractivity contribution in [2.45, 2.75) is 39.0 Å². The number of imidazole rings is 1. The summed E-state index contributed by atoms with van der Waals surface area (Å²) in [6.45, 7) is 4.85. The Morgan fingerprint density at radius 3 is 3.04 bits per heavy atom. The minimum absolute atomic E-state index is 0.329. The van der Waals surface area contributed by atoms with E-state index in [1.165, 1.54) is 21.9 Å². The molecule has 3 aromatic rings. The van der Waals surface area contributed by atoms with Crippen LogP contribution in [0.1, 0.15) is 40.1 Å². The molecule has 0 saturated carbocycles. The maximum absolute atomic E-state index is 5.79. The number of aryl methyl sites for hydroxylation is 1. The molecule has 0 bridgehead atoms. The molecular weight excluding hydrogens is 318 g/mol. The fraction of sp³-hybridized carbons (Fsp3) is 0.421. The Kier molecular flexibility index (Phi) is 4.39. The first-order valence-corrected chi connectivity index (χ1v) is 9.33. The second-order valence-electron chi connectivity index (χ2n) is 6.55. The maximum atomic E-state index is 5.79. The topological polar surface area (TPSA) is 29.8 Å². The van der Waals surface area contributed by atoms with Gasteiger partial charge in [-0.1, -0.05) is 6.07 Å². The van der Waals surface area contributed by atoms with Crippen molar-refractivity contribution >= 4 is 17.0 Å². The van der Waals surface area contributed by atoms with Crippen molar-refractivity contribution in [3.05, 3.63) is 57.7 Å². The maximum Gasteiger partial charge on any atom is 0.137 e. The molecule has 4 heterocycles. The molecule has 3 aromatic heterocycles. The van der Waals surface area contributed by atoms with Gasteiger partial charge in [0.25, 0.3) is 0 Å². The van der Waals surface area contributed by atoms with Crippen molar-refractivity contribution in [2.24, 2.45) is 0 Å². The molecule has 0 radical (unpaired) electrons. The Morgan fingerprint density at radius 1 is 1.29 bits per heavy atom. The van der Waals surface area contributed by atoms with E-state index in [-0.39, 0.29) is 0 Å². The van der Waals surface area contributed by atoms with Gasteiger partial charge < -0.3 is 9.14 Å². The van der Waals surface area contributed by atoms with E-state index in [2.05, 4.69) is 58.7 Å². The predicted octanol–water partition coefficient (Wildman–Crippen LogP) is 4.19. The lowest BCUT2D eigenvalue weighted by molar-refractivity contribution is 0.114. The molecule has 4 rings (SSSR count). The van der Waals surface area contributed by atoms with Crippen LogP contribution in [0.5, 0.6) is 0 Å². The Hall–Kier alpha value is -1.69. The molecule has 0 amide bonds. The van der Waals surface area contributed by atoms with Crippen molar-refractivity contribution in [3.63, 3.8) is 0 Å². The van der Waals surface area contributed by atoms with Gasteiger partial charge in [-0.25, -0.2) is 4.98 Å². The second-order valence-corrected chi connectivity index (χ2v) is 7.75. The largest absolute Gasteiger partial charge is 0.373 e. The summed E-state index contributed by atoms with van der Waals surface area (Å²) >= 11 is 1.89. The van der Waals surface area contributed by atoms with Gasteiger partial charge in [-0.05, 0) is 51.1 Å². The predicted molar refractivity (Wildman–Crippen MR) is 97.3 cm³/mol. The molecule has 24 heavy (non-hydrogen) atoms. The number of pyridine rings is 1. The molecule has 1 fully saturated rings. The number of hydrogen-bond donors (Lipinski definition) is 0. The molecule has 4 nitrogen and oxygen atoms in total. The monoisotopic (exact) mass is 341 g/mol. The zero-order valence-corrected chi connectivity index (χ0v) is 15.1. The number of nitrogens with zero attached hydrogens (tertiary/aromatic N) is 3. The number of aromatic nitrogens is 2. The highest BCUT2D eigenvalue weighted by atomic mass is 32.1. The first-order chi connectivity index (χ1) is 11.7. The third-order valence-electron chi connectivity index (χ3n) is 4.60. The molecule has 0 unspecified atom stereocenters. The molecule has 0 aliphatic carbocycles. The van der Waals surface area contributed by atoms with E-state index < -0.39 is 0 Å². The molecule has 5 heteroatoms. The van der Waals surface area contributed by atoms with Gasteiger partial charge in [0.05, 0.1) is 17.5 Å². The fourth-order valence-electron chi connectivity index (χ4n) is 3.39. The Balaban J connectivity index is 1.46. The fourth-order valence-corrected chi connectivity index (χ4v) is 4.56. The highest BCUT2D eigenvalue weighted by molar-refractivity contribution is 7.12. The van der Waals surface area contributed by atoms with Crippen LogP contribution in [0.4, 0.5) is 0 Å². The van der Waals surface area contributed by atoms with E-state index in [1.807, 2.05) is 17.4 Å². The van der Waals surface area contributed by atoms with E-state index in [9.17, 15) is 0 Å². The summed E-state index contributed by atoms with van der Waals surface area (Å²) < 4.78 is 7.98. The van der Waals surface area contributed by atoms with E-state index in [0.29, 0.717) is 6.10 Å². The van der Waals surface area contributed by atoms with Gasteiger partial charge >= 0.3 is 0 Å². The standard InChI is InChI=1S/C19H23N3OS/c1-14-16(22-10-4-3-7-19(22)20-14)13-21(2)12-15-8-9-18(24-15)17-6-5-11-23-17/h3-4,7-10,17H,5-6,11-13H2,1-2H3/t17-/m1/s1. The molecule has 1 aliphatic heterocycles.